The lowest BCUT2D eigenvalue weighted by molar-refractivity contribution is -0.148. The molecule has 0 aromatic heterocycles. The van der Waals surface area contributed by atoms with Crippen molar-refractivity contribution >= 4 is 17.8 Å². The van der Waals surface area contributed by atoms with Crippen LogP contribution in [0.3, 0.4) is 0 Å². The van der Waals surface area contributed by atoms with Crippen LogP contribution in [0.2, 0.25) is 0 Å². The van der Waals surface area contributed by atoms with E-state index in [4.69, 9.17) is 0 Å². The van der Waals surface area contributed by atoms with Crippen LogP contribution >= 0.6 is 0 Å². The lowest BCUT2D eigenvalue weighted by Gasteiger charge is -2.38. The summed E-state index contributed by atoms with van der Waals surface area (Å²) in [4.78, 5) is 34.1. The molecule has 1 aromatic carbocycles. The highest BCUT2D eigenvalue weighted by Gasteiger charge is 2.45. The van der Waals surface area contributed by atoms with Crippen molar-refractivity contribution < 1.29 is 19.5 Å². The third-order valence-electron chi connectivity index (χ3n) is 3.73. The first-order valence-electron chi connectivity index (χ1n) is 6.82. The zero-order chi connectivity index (χ0) is 15.5. The van der Waals surface area contributed by atoms with Crippen molar-refractivity contribution in [3.63, 3.8) is 0 Å². The standard InChI is InChI=1S/C15H18N2O4/c1-10(18)16-9-11-3-5-12(6-4-11)13(19)17-15(14(20)21)7-2-8-15/h3-6H,2,7-9H2,1H3,(H,16,18)(H,17,19)(H,20,21). The van der Waals surface area contributed by atoms with Gasteiger partial charge in [0.1, 0.15) is 5.54 Å². The Morgan fingerprint density at radius 2 is 1.81 bits per heavy atom. The van der Waals surface area contributed by atoms with Crippen LogP contribution in [0.5, 0.6) is 0 Å². The van der Waals surface area contributed by atoms with Crippen molar-refractivity contribution in [1.29, 1.82) is 0 Å². The van der Waals surface area contributed by atoms with Crippen molar-refractivity contribution in [1.82, 2.24) is 10.6 Å². The molecule has 0 radical (unpaired) electrons. The second-order valence-electron chi connectivity index (χ2n) is 5.30. The molecule has 2 amide bonds. The van der Waals surface area contributed by atoms with Crippen molar-refractivity contribution in [2.75, 3.05) is 0 Å². The fourth-order valence-corrected chi connectivity index (χ4v) is 2.21. The Kier molecular flexibility index (Phi) is 4.26. The fraction of sp³-hybridized carbons (Fsp3) is 0.400. The molecule has 21 heavy (non-hydrogen) atoms. The molecular weight excluding hydrogens is 272 g/mol. The summed E-state index contributed by atoms with van der Waals surface area (Å²) in [6.07, 6.45) is 1.74. The molecule has 6 nitrogen and oxygen atoms in total. The van der Waals surface area contributed by atoms with Gasteiger partial charge in [-0.3, -0.25) is 9.59 Å². The third-order valence-corrected chi connectivity index (χ3v) is 3.73. The van der Waals surface area contributed by atoms with Crippen molar-refractivity contribution in [3.8, 4) is 0 Å². The van der Waals surface area contributed by atoms with Crippen LogP contribution in [0.15, 0.2) is 24.3 Å². The van der Waals surface area contributed by atoms with Crippen LogP contribution in [0.1, 0.15) is 42.1 Å². The number of carbonyl (C=O) groups excluding carboxylic acids is 2. The SMILES string of the molecule is CC(=O)NCc1ccc(C(=O)NC2(C(=O)O)CCC2)cc1. The molecule has 1 aliphatic carbocycles. The molecule has 112 valence electrons. The third kappa shape index (κ3) is 3.39. The van der Waals surface area contributed by atoms with Gasteiger partial charge in [-0.15, -0.1) is 0 Å². The highest BCUT2D eigenvalue weighted by Crippen LogP contribution is 2.32. The number of carboxylic acid groups (broad SMARTS) is 1. The number of carboxylic acids is 1. The normalized spacial score (nSPS) is 15.7. The molecule has 1 fully saturated rings. The van der Waals surface area contributed by atoms with E-state index < -0.39 is 11.5 Å². The molecule has 1 aromatic rings. The molecule has 3 N–H and O–H groups in total. The number of hydrogen-bond donors (Lipinski definition) is 3. The molecule has 0 aliphatic heterocycles. The topological polar surface area (TPSA) is 95.5 Å². The summed E-state index contributed by atoms with van der Waals surface area (Å²) in [7, 11) is 0. The number of rotatable bonds is 5. The zero-order valence-corrected chi connectivity index (χ0v) is 11.8. The van der Waals surface area contributed by atoms with E-state index in [0.717, 1.165) is 12.0 Å². The van der Waals surface area contributed by atoms with Gasteiger partial charge in [-0.1, -0.05) is 12.1 Å². The zero-order valence-electron chi connectivity index (χ0n) is 11.8. The highest BCUT2D eigenvalue weighted by atomic mass is 16.4. The minimum Gasteiger partial charge on any atom is -0.480 e. The van der Waals surface area contributed by atoms with Gasteiger partial charge in [0.25, 0.3) is 5.91 Å². The maximum atomic E-state index is 12.1. The molecule has 0 heterocycles. The van der Waals surface area contributed by atoms with E-state index in [1.54, 1.807) is 24.3 Å². The van der Waals surface area contributed by atoms with Gasteiger partial charge in [0.15, 0.2) is 0 Å². The van der Waals surface area contributed by atoms with Crippen LogP contribution in [-0.4, -0.2) is 28.4 Å². The van der Waals surface area contributed by atoms with Crippen LogP contribution in [0.25, 0.3) is 0 Å². The van der Waals surface area contributed by atoms with Crippen LogP contribution in [-0.2, 0) is 16.1 Å². The second kappa shape index (κ2) is 5.95. The number of benzene rings is 1. The number of carbonyl (C=O) groups is 3. The van der Waals surface area contributed by atoms with Gasteiger partial charge in [-0.05, 0) is 37.0 Å². The van der Waals surface area contributed by atoms with E-state index in [0.29, 0.717) is 24.9 Å². The minimum absolute atomic E-state index is 0.120. The quantitative estimate of drug-likeness (QED) is 0.755. The fourth-order valence-electron chi connectivity index (χ4n) is 2.21. The molecule has 1 saturated carbocycles. The maximum absolute atomic E-state index is 12.1. The Bertz CT molecular complexity index is 562. The molecule has 0 saturated heterocycles. The summed E-state index contributed by atoms with van der Waals surface area (Å²) in [6.45, 7) is 1.84. The van der Waals surface area contributed by atoms with Crippen molar-refractivity contribution in [2.24, 2.45) is 0 Å². The number of aliphatic carboxylic acids is 1. The number of nitrogens with one attached hydrogen (secondary N) is 2. The van der Waals surface area contributed by atoms with Gasteiger partial charge < -0.3 is 15.7 Å². The van der Waals surface area contributed by atoms with Gasteiger partial charge in [0.05, 0.1) is 0 Å². The monoisotopic (exact) mass is 290 g/mol. The van der Waals surface area contributed by atoms with Crippen molar-refractivity contribution in [3.05, 3.63) is 35.4 Å². The first-order valence-corrected chi connectivity index (χ1v) is 6.82. The Morgan fingerprint density at radius 3 is 2.24 bits per heavy atom. The molecular formula is C15H18N2O4. The molecule has 0 bridgehead atoms. The maximum Gasteiger partial charge on any atom is 0.329 e. The van der Waals surface area contributed by atoms with Crippen LogP contribution < -0.4 is 10.6 Å². The van der Waals surface area contributed by atoms with Gasteiger partial charge in [0, 0.05) is 19.0 Å². The summed E-state index contributed by atoms with van der Waals surface area (Å²) in [5.74, 6) is -1.49. The Hall–Kier alpha value is -2.37. The molecule has 1 aliphatic rings. The summed E-state index contributed by atoms with van der Waals surface area (Å²) in [5.41, 5.74) is 0.179. The van der Waals surface area contributed by atoms with Crippen LogP contribution in [0, 0.1) is 0 Å². The number of amides is 2. The largest absolute Gasteiger partial charge is 0.480 e. The first-order chi connectivity index (χ1) is 9.93. The van der Waals surface area contributed by atoms with Crippen molar-refractivity contribution in [2.45, 2.75) is 38.3 Å². The van der Waals surface area contributed by atoms with Gasteiger partial charge in [-0.2, -0.15) is 0 Å². The molecule has 0 atom stereocenters. The predicted octanol–water partition coefficient (Wildman–Crippen LogP) is 1.06. The summed E-state index contributed by atoms with van der Waals surface area (Å²) in [6, 6.07) is 6.72. The first kappa shape index (κ1) is 15.0. The second-order valence-corrected chi connectivity index (χ2v) is 5.30. The average molecular weight is 290 g/mol. The smallest absolute Gasteiger partial charge is 0.329 e. The van der Waals surface area contributed by atoms with Crippen LogP contribution in [0.4, 0.5) is 0 Å². The van der Waals surface area contributed by atoms with E-state index in [2.05, 4.69) is 10.6 Å². The molecule has 0 unspecified atom stereocenters. The molecule has 6 heteroatoms. The molecule has 2 rings (SSSR count). The van der Waals surface area contributed by atoms with E-state index in [1.807, 2.05) is 0 Å². The predicted molar refractivity (Wildman–Crippen MR) is 75.6 cm³/mol. The molecule has 0 spiro atoms. The van der Waals surface area contributed by atoms with Gasteiger partial charge in [0.2, 0.25) is 5.91 Å². The minimum atomic E-state index is -1.11. The van der Waals surface area contributed by atoms with Gasteiger partial charge >= 0.3 is 5.97 Å². The summed E-state index contributed by atoms with van der Waals surface area (Å²) >= 11 is 0. The van der Waals surface area contributed by atoms with E-state index in [1.165, 1.54) is 6.92 Å². The Labute approximate surface area is 122 Å². The lowest BCUT2D eigenvalue weighted by atomic mass is 9.76. The summed E-state index contributed by atoms with van der Waals surface area (Å²) < 4.78 is 0. The van der Waals surface area contributed by atoms with Gasteiger partial charge in [-0.25, -0.2) is 4.79 Å². The van der Waals surface area contributed by atoms with E-state index in [9.17, 15) is 19.5 Å². The Balaban J connectivity index is 2.00. The average Bonchev–Trinajstić information content (AvgIpc) is 2.40. The Morgan fingerprint density at radius 1 is 1.19 bits per heavy atom. The highest BCUT2D eigenvalue weighted by molar-refractivity contribution is 5.98. The van der Waals surface area contributed by atoms with E-state index >= 15 is 0 Å². The lowest BCUT2D eigenvalue weighted by Crippen LogP contribution is -2.59. The van der Waals surface area contributed by atoms with E-state index in [-0.39, 0.29) is 11.8 Å². The number of hydrogen-bond acceptors (Lipinski definition) is 3. The summed E-state index contributed by atoms with van der Waals surface area (Å²) in [5, 5.41) is 14.5.